The largest absolute Gasteiger partial charge is 0.459 e. The molecule has 0 saturated carbocycles. The molecule has 0 amide bonds. The Bertz CT molecular complexity index is 183. The van der Waals surface area contributed by atoms with Crippen LogP contribution < -0.4 is 0 Å². The minimum absolute atomic E-state index is 0.180. The molecule has 0 aromatic carbocycles. The minimum atomic E-state index is -0.619. The van der Waals surface area contributed by atoms with E-state index < -0.39 is 12.6 Å². The summed E-state index contributed by atoms with van der Waals surface area (Å²) in [5.74, 6) is -0.619. The van der Waals surface area contributed by atoms with Crippen LogP contribution in [0.15, 0.2) is 37.5 Å². The Balaban J connectivity index is 0. The molecule has 0 bridgehead atoms. The van der Waals surface area contributed by atoms with Crippen molar-refractivity contribution >= 4 is 5.97 Å². The first kappa shape index (κ1) is 14.2. The zero-order chi connectivity index (χ0) is 10.7. The number of ether oxygens (including phenoxy) is 1. The summed E-state index contributed by atoms with van der Waals surface area (Å²) < 4.78 is 4.61. The van der Waals surface area contributed by atoms with Crippen LogP contribution >= 0.6 is 0 Å². The highest BCUT2D eigenvalue weighted by atomic mass is 16.5. The molecule has 13 heavy (non-hydrogen) atoms. The molecule has 0 radical (unpaired) electrons. The van der Waals surface area contributed by atoms with E-state index in [1.807, 2.05) is 6.92 Å². The lowest BCUT2D eigenvalue weighted by molar-refractivity contribution is -0.145. The zero-order valence-electron chi connectivity index (χ0n) is 7.95. The summed E-state index contributed by atoms with van der Waals surface area (Å²) in [4.78, 5) is 10.4. The van der Waals surface area contributed by atoms with E-state index in [-0.39, 0.29) is 6.61 Å². The van der Waals surface area contributed by atoms with E-state index in [4.69, 9.17) is 5.11 Å². The molecule has 0 aliphatic heterocycles. The van der Waals surface area contributed by atoms with Gasteiger partial charge in [-0.1, -0.05) is 18.7 Å². The third-order valence-electron chi connectivity index (χ3n) is 1.16. The smallest absolute Gasteiger partial charge is 0.332 e. The van der Waals surface area contributed by atoms with E-state index in [0.717, 1.165) is 5.57 Å². The SMILES string of the molecule is C=C.C=C/C(=C\C)COC(=O)CO. The third kappa shape index (κ3) is 8.56. The fourth-order valence-electron chi connectivity index (χ4n) is 0.470. The van der Waals surface area contributed by atoms with E-state index in [0.29, 0.717) is 0 Å². The van der Waals surface area contributed by atoms with Crippen LogP contribution in [-0.2, 0) is 9.53 Å². The number of aliphatic hydroxyl groups is 1. The van der Waals surface area contributed by atoms with Crippen molar-refractivity contribution in [3.63, 3.8) is 0 Å². The summed E-state index contributed by atoms with van der Waals surface area (Å²) in [5.41, 5.74) is 0.826. The Morgan fingerprint density at radius 1 is 1.54 bits per heavy atom. The van der Waals surface area contributed by atoms with Crippen LogP contribution in [0.4, 0.5) is 0 Å². The maximum Gasteiger partial charge on any atom is 0.332 e. The number of carbonyl (C=O) groups is 1. The molecule has 1 N–H and O–H groups in total. The summed E-state index contributed by atoms with van der Waals surface area (Å²) in [6.07, 6.45) is 3.39. The van der Waals surface area contributed by atoms with E-state index in [1.165, 1.54) is 0 Å². The Hall–Kier alpha value is -1.35. The molecule has 0 rings (SSSR count). The van der Waals surface area contributed by atoms with Gasteiger partial charge in [0.05, 0.1) is 0 Å². The van der Waals surface area contributed by atoms with Crippen molar-refractivity contribution in [3.05, 3.63) is 37.5 Å². The van der Waals surface area contributed by atoms with Gasteiger partial charge in [0.1, 0.15) is 13.2 Å². The van der Waals surface area contributed by atoms with Gasteiger partial charge in [-0.3, -0.25) is 0 Å². The van der Waals surface area contributed by atoms with Crippen LogP contribution in [0, 0.1) is 0 Å². The number of hydrogen-bond acceptors (Lipinski definition) is 3. The molecular formula is C10H16O3. The average molecular weight is 184 g/mol. The summed E-state index contributed by atoms with van der Waals surface area (Å²) in [6.45, 7) is 10.9. The summed E-state index contributed by atoms with van der Waals surface area (Å²) >= 11 is 0. The fraction of sp³-hybridized carbons (Fsp3) is 0.300. The van der Waals surface area contributed by atoms with E-state index in [2.05, 4.69) is 24.5 Å². The van der Waals surface area contributed by atoms with Crippen molar-refractivity contribution in [3.8, 4) is 0 Å². The van der Waals surface area contributed by atoms with Gasteiger partial charge < -0.3 is 9.84 Å². The maximum absolute atomic E-state index is 10.4. The molecular weight excluding hydrogens is 168 g/mol. The van der Waals surface area contributed by atoms with Gasteiger partial charge in [-0.2, -0.15) is 0 Å². The van der Waals surface area contributed by atoms with Gasteiger partial charge in [0.2, 0.25) is 0 Å². The van der Waals surface area contributed by atoms with E-state index in [9.17, 15) is 4.79 Å². The van der Waals surface area contributed by atoms with Gasteiger partial charge >= 0.3 is 5.97 Å². The Morgan fingerprint density at radius 2 is 2.08 bits per heavy atom. The zero-order valence-corrected chi connectivity index (χ0v) is 7.95. The van der Waals surface area contributed by atoms with Gasteiger partial charge in [-0.15, -0.1) is 13.2 Å². The first-order valence-electron chi connectivity index (χ1n) is 3.78. The van der Waals surface area contributed by atoms with Crippen LogP contribution in [0.3, 0.4) is 0 Å². The molecule has 0 aromatic heterocycles. The van der Waals surface area contributed by atoms with Crippen LogP contribution in [0.2, 0.25) is 0 Å². The predicted octanol–water partition coefficient (Wildman–Crippen LogP) is 1.46. The van der Waals surface area contributed by atoms with Gasteiger partial charge in [-0.25, -0.2) is 4.79 Å². The predicted molar refractivity (Wildman–Crippen MR) is 53.3 cm³/mol. The highest BCUT2D eigenvalue weighted by molar-refractivity contribution is 5.70. The van der Waals surface area contributed by atoms with Gasteiger partial charge in [0, 0.05) is 0 Å². The summed E-state index contributed by atoms with van der Waals surface area (Å²) in [6, 6.07) is 0. The number of rotatable bonds is 4. The molecule has 3 nitrogen and oxygen atoms in total. The number of esters is 1. The second-order valence-electron chi connectivity index (χ2n) is 1.89. The van der Waals surface area contributed by atoms with E-state index in [1.54, 1.807) is 12.2 Å². The Labute approximate surface area is 79.0 Å². The standard InChI is InChI=1S/C8H12O3.C2H4/c1-3-7(4-2)6-11-8(10)5-9;1-2/h3-4,9H,1,5-6H2,2H3;1-2H2/b7-4+;. The molecule has 0 aliphatic carbocycles. The molecule has 0 spiro atoms. The molecule has 3 heteroatoms. The first-order valence-corrected chi connectivity index (χ1v) is 3.78. The molecule has 0 saturated heterocycles. The van der Waals surface area contributed by atoms with Gasteiger partial charge in [-0.05, 0) is 12.5 Å². The fourth-order valence-corrected chi connectivity index (χ4v) is 0.470. The van der Waals surface area contributed by atoms with Gasteiger partial charge in [0.25, 0.3) is 0 Å². The van der Waals surface area contributed by atoms with Crippen LogP contribution in [-0.4, -0.2) is 24.3 Å². The highest BCUT2D eigenvalue weighted by Gasteiger charge is 1.98. The molecule has 0 unspecified atom stereocenters. The van der Waals surface area contributed by atoms with Crippen LogP contribution in [0.5, 0.6) is 0 Å². The third-order valence-corrected chi connectivity index (χ3v) is 1.16. The monoisotopic (exact) mass is 184 g/mol. The first-order chi connectivity index (χ1) is 6.24. The number of allylic oxidation sites excluding steroid dienone is 1. The minimum Gasteiger partial charge on any atom is -0.459 e. The normalized spacial score (nSPS) is 9.54. The second kappa shape index (κ2) is 10.7. The van der Waals surface area contributed by atoms with Crippen LogP contribution in [0.25, 0.3) is 0 Å². The summed E-state index contributed by atoms with van der Waals surface area (Å²) in [7, 11) is 0. The molecule has 0 fully saturated rings. The van der Waals surface area contributed by atoms with Crippen molar-refractivity contribution < 1.29 is 14.6 Å². The lowest BCUT2D eigenvalue weighted by atomic mass is 10.3. The van der Waals surface area contributed by atoms with E-state index >= 15 is 0 Å². The van der Waals surface area contributed by atoms with Crippen molar-refractivity contribution in [1.29, 1.82) is 0 Å². The second-order valence-corrected chi connectivity index (χ2v) is 1.89. The number of hydrogen-bond donors (Lipinski definition) is 1. The lowest BCUT2D eigenvalue weighted by Gasteiger charge is -2.01. The highest BCUT2D eigenvalue weighted by Crippen LogP contribution is 1.95. The number of aliphatic hydroxyl groups excluding tert-OH is 1. The molecule has 0 atom stereocenters. The molecule has 0 aliphatic rings. The molecule has 74 valence electrons. The Morgan fingerprint density at radius 3 is 2.38 bits per heavy atom. The summed E-state index contributed by atoms with van der Waals surface area (Å²) in [5, 5.41) is 8.27. The number of carbonyl (C=O) groups excluding carboxylic acids is 1. The lowest BCUT2D eigenvalue weighted by Crippen LogP contribution is -2.10. The topological polar surface area (TPSA) is 46.5 Å². The van der Waals surface area contributed by atoms with Crippen molar-refractivity contribution in [2.24, 2.45) is 0 Å². The molecule has 0 heterocycles. The van der Waals surface area contributed by atoms with Gasteiger partial charge in [0.15, 0.2) is 0 Å². The Kier molecular flexibility index (Phi) is 11.6. The van der Waals surface area contributed by atoms with Crippen molar-refractivity contribution in [1.82, 2.24) is 0 Å². The van der Waals surface area contributed by atoms with Crippen molar-refractivity contribution in [2.45, 2.75) is 6.92 Å². The average Bonchev–Trinajstić information content (AvgIpc) is 2.22. The quantitative estimate of drug-likeness (QED) is 0.408. The molecule has 0 aromatic rings. The maximum atomic E-state index is 10.4. The van der Waals surface area contributed by atoms with Crippen LogP contribution in [0.1, 0.15) is 6.92 Å². The van der Waals surface area contributed by atoms with Crippen molar-refractivity contribution in [2.75, 3.05) is 13.2 Å².